The summed E-state index contributed by atoms with van der Waals surface area (Å²) in [5.41, 5.74) is 1.95. The van der Waals surface area contributed by atoms with Crippen molar-refractivity contribution >= 4 is 5.91 Å². The van der Waals surface area contributed by atoms with E-state index in [1.165, 1.54) is 12.1 Å². The number of amides is 1. The van der Waals surface area contributed by atoms with Gasteiger partial charge in [-0.15, -0.1) is 0 Å². The summed E-state index contributed by atoms with van der Waals surface area (Å²) < 4.78 is 25.2. The van der Waals surface area contributed by atoms with Gasteiger partial charge >= 0.3 is 0 Å². The van der Waals surface area contributed by atoms with Crippen LogP contribution in [0.5, 0.6) is 0 Å². The van der Waals surface area contributed by atoms with E-state index in [2.05, 4.69) is 5.32 Å². The van der Waals surface area contributed by atoms with Crippen molar-refractivity contribution in [2.45, 2.75) is 24.8 Å². The molecule has 0 radical (unpaired) electrons. The predicted molar refractivity (Wildman–Crippen MR) is 76.1 cm³/mol. The topological polar surface area (TPSA) is 29.1 Å². The van der Waals surface area contributed by atoms with Gasteiger partial charge in [0.25, 0.3) is 6.43 Å². The van der Waals surface area contributed by atoms with Gasteiger partial charge in [-0.2, -0.15) is 0 Å². The molecule has 2 atom stereocenters. The van der Waals surface area contributed by atoms with E-state index in [0.717, 1.165) is 11.1 Å². The molecule has 1 fully saturated rings. The molecule has 1 aliphatic rings. The highest BCUT2D eigenvalue weighted by Crippen LogP contribution is 2.38. The van der Waals surface area contributed by atoms with E-state index >= 15 is 0 Å². The molecule has 1 saturated heterocycles. The maximum absolute atomic E-state index is 12.6. The SMILES string of the molecule is O=C1CC(c2ccc(C(F)F)cc2)C(c2ccccc2)N1. The normalized spacial score (nSPS) is 21.6. The van der Waals surface area contributed by atoms with Crippen LogP contribution in [-0.2, 0) is 4.79 Å². The van der Waals surface area contributed by atoms with Crippen molar-refractivity contribution in [3.8, 4) is 0 Å². The van der Waals surface area contributed by atoms with E-state index in [9.17, 15) is 13.6 Å². The number of rotatable bonds is 3. The molecule has 2 aromatic carbocycles. The van der Waals surface area contributed by atoms with E-state index < -0.39 is 6.43 Å². The fourth-order valence-corrected chi connectivity index (χ4v) is 2.83. The molecule has 0 bridgehead atoms. The van der Waals surface area contributed by atoms with Crippen LogP contribution in [0.25, 0.3) is 0 Å². The number of carbonyl (C=O) groups is 1. The van der Waals surface area contributed by atoms with Crippen molar-refractivity contribution < 1.29 is 13.6 Å². The molecule has 2 unspecified atom stereocenters. The number of halogens is 2. The van der Waals surface area contributed by atoms with Gasteiger partial charge in [0.05, 0.1) is 6.04 Å². The standard InChI is InChI=1S/C17H15F2NO/c18-17(19)13-8-6-11(7-9-13)14-10-15(21)20-16(14)12-4-2-1-3-5-12/h1-9,14,16-17H,10H2,(H,20,21). The largest absolute Gasteiger partial charge is 0.349 e. The average molecular weight is 287 g/mol. The smallest absolute Gasteiger partial charge is 0.263 e. The Kier molecular flexibility index (Phi) is 3.69. The van der Waals surface area contributed by atoms with Gasteiger partial charge in [0.15, 0.2) is 0 Å². The summed E-state index contributed by atoms with van der Waals surface area (Å²) in [7, 11) is 0. The van der Waals surface area contributed by atoms with Crippen molar-refractivity contribution in [2.75, 3.05) is 0 Å². The quantitative estimate of drug-likeness (QED) is 0.909. The second kappa shape index (κ2) is 5.64. The number of nitrogens with one attached hydrogen (secondary N) is 1. The molecule has 1 N–H and O–H groups in total. The van der Waals surface area contributed by atoms with Gasteiger partial charge < -0.3 is 5.32 Å². The third-order valence-electron chi connectivity index (χ3n) is 3.90. The van der Waals surface area contributed by atoms with E-state index in [-0.39, 0.29) is 23.4 Å². The molecule has 3 rings (SSSR count). The first kappa shape index (κ1) is 13.7. The Hall–Kier alpha value is -2.23. The maximum Gasteiger partial charge on any atom is 0.263 e. The second-order valence-electron chi connectivity index (χ2n) is 5.23. The van der Waals surface area contributed by atoms with Crippen LogP contribution in [0.1, 0.15) is 41.5 Å². The van der Waals surface area contributed by atoms with Crippen molar-refractivity contribution in [3.05, 3.63) is 71.3 Å². The summed E-state index contributed by atoms with van der Waals surface area (Å²) in [6, 6.07) is 15.9. The highest BCUT2D eigenvalue weighted by Gasteiger charge is 2.34. The number of carbonyl (C=O) groups excluding carboxylic acids is 1. The van der Waals surface area contributed by atoms with Crippen molar-refractivity contribution in [2.24, 2.45) is 0 Å². The molecule has 0 spiro atoms. The summed E-state index contributed by atoms with van der Waals surface area (Å²) in [6.45, 7) is 0. The zero-order chi connectivity index (χ0) is 14.8. The number of alkyl halides is 2. The molecule has 108 valence electrons. The predicted octanol–water partition coefficient (Wildman–Crippen LogP) is 3.97. The van der Waals surface area contributed by atoms with Crippen LogP contribution in [0.15, 0.2) is 54.6 Å². The van der Waals surface area contributed by atoms with Crippen LogP contribution in [0.2, 0.25) is 0 Å². The minimum Gasteiger partial charge on any atom is -0.349 e. The average Bonchev–Trinajstić information content (AvgIpc) is 2.90. The highest BCUT2D eigenvalue weighted by atomic mass is 19.3. The first-order chi connectivity index (χ1) is 10.1. The monoisotopic (exact) mass is 287 g/mol. The summed E-state index contributed by atoms with van der Waals surface area (Å²) in [5, 5.41) is 2.97. The Morgan fingerprint density at radius 2 is 1.62 bits per heavy atom. The minimum absolute atomic E-state index is 0.00675. The molecule has 2 nitrogen and oxygen atoms in total. The number of hydrogen-bond donors (Lipinski definition) is 1. The van der Waals surface area contributed by atoms with E-state index in [0.29, 0.717) is 6.42 Å². The van der Waals surface area contributed by atoms with Gasteiger partial charge in [0.2, 0.25) is 5.91 Å². The van der Waals surface area contributed by atoms with Crippen molar-refractivity contribution in [1.82, 2.24) is 5.32 Å². The summed E-state index contributed by atoms with van der Waals surface area (Å²) in [6.07, 6.45) is -2.08. The molecule has 0 aliphatic carbocycles. The van der Waals surface area contributed by atoms with Gasteiger partial charge in [-0.25, -0.2) is 8.78 Å². The molecular weight excluding hydrogens is 272 g/mol. The Morgan fingerprint density at radius 1 is 0.952 bits per heavy atom. The molecule has 2 aromatic rings. The first-order valence-electron chi connectivity index (χ1n) is 6.87. The summed E-state index contributed by atoms with van der Waals surface area (Å²) >= 11 is 0. The van der Waals surface area contributed by atoms with Crippen molar-refractivity contribution in [3.63, 3.8) is 0 Å². The number of hydrogen-bond acceptors (Lipinski definition) is 1. The van der Waals surface area contributed by atoms with Gasteiger partial charge in [0, 0.05) is 17.9 Å². The van der Waals surface area contributed by atoms with Crippen LogP contribution in [0.3, 0.4) is 0 Å². The van der Waals surface area contributed by atoms with Gasteiger partial charge in [0.1, 0.15) is 0 Å². The van der Waals surface area contributed by atoms with Crippen LogP contribution in [0, 0.1) is 0 Å². The van der Waals surface area contributed by atoms with Gasteiger partial charge in [-0.3, -0.25) is 4.79 Å². The lowest BCUT2D eigenvalue weighted by molar-refractivity contribution is -0.119. The Labute approximate surface area is 121 Å². The fourth-order valence-electron chi connectivity index (χ4n) is 2.83. The summed E-state index contributed by atoms with van der Waals surface area (Å²) in [4.78, 5) is 11.8. The molecule has 21 heavy (non-hydrogen) atoms. The number of benzene rings is 2. The molecule has 1 aliphatic heterocycles. The third-order valence-corrected chi connectivity index (χ3v) is 3.90. The zero-order valence-corrected chi connectivity index (χ0v) is 11.3. The van der Waals surface area contributed by atoms with E-state index in [1.54, 1.807) is 12.1 Å². The second-order valence-corrected chi connectivity index (χ2v) is 5.23. The Bertz CT molecular complexity index is 625. The maximum atomic E-state index is 12.6. The molecular formula is C17H15F2NO. The van der Waals surface area contributed by atoms with Gasteiger partial charge in [-0.05, 0) is 11.1 Å². The highest BCUT2D eigenvalue weighted by molar-refractivity contribution is 5.80. The lowest BCUT2D eigenvalue weighted by Gasteiger charge is -2.20. The molecule has 4 heteroatoms. The van der Waals surface area contributed by atoms with Crippen LogP contribution < -0.4 is 5.32 Å². The van der Waals surface area contributed by atoms with Crippen molar-refractivity contribution in [1.29, 1.82) is 0 Å². The van der Waals surface area contributed by atoms with Crippen LogP contribution >= 0.6 is 0 Å². The van der Waals surface area contributed by atoms with Crippen LogP contribution in [0.4, 0.5) is 8.78 Å². The Balaban J connectivity index is 1.90. The third kappa shape index (κ3) is 2.79. The fraction of sp³-hybridized carbons (Fsp3) is 0.235. The molecule has 0 saturated carbocycles. The van der Waals surface area contributed by atoms with Crippen LogP contribution in [-0.4, -0.2) is 5.91 Å². The molecule has 0 aromatic heterocycles. The Morgan fingerprint density at radius 3 is 2.24 bits per heavy atom. The minimum atomic E-state index is -2.47. The lowest BCUT2D eigenvalue weighted by atomic mass is 9.87. The van der Waals surface area contributed by atoms with E-state index in [4.69, 9.17) is 0 Å². The van der Waals surface area contributed by atoms with Gasteiger partial charge in [-0.1, -0.05) is 54.6 Å². The summed E-state index contributed by atoms with van der Waals surface area (Å²) in [5.74, 6) is -0.0292. The molecule has 1 heterocycles. The van der Waals surface area contributed by atoms with E-state index in [1.807, 2.05) is 30.3 Å². The zero-order valence-electron chi connectivity index (χ0n) is 11.3. The molecule has 1 amide bonds. The lowest BCUT2D eigenvalue weighted by Crippen LogP contribution is -2.20. The first-order valence-corrected chi connectivity index (χ1v) is 6.87.